The summed E-state index contributed by atoms with van der Waals surface area (Å²) in [6.45, 7) is 0. The van der Waals surface area contributed by atoms with Crippen molar-refractivity contribution < 1.29 is 27.4 Å². The minimum absolute atomic E-state index is 0.0214. The summed E-state index contributed by atoms with van der Waals surface area (Å²) in [5.74, 6) is -0.930. The fourth-order valence-corrected chi connectivity index (χ4v) is 1.59. The van der Waals surface area contributed by atoms with E-state index in [9.17, 15) is 17.6 Å². The van der Waals surface area contributed by atoms with Gasteiger partial charge in [-0.2, -0.15) is 13.2 Å². The fourth-order valence-electron chi connectivity index (χ4n) is 1.59. The Balaban J connectivity index is 2.18. The molecule has 1 heterocycles. The second-order valence-electron chi connectivity index (χ2n) is 4.44. The molecule has 6 nitrogen and oxygen atoms in total. The third-order valence-electron chi connectivity index (χ3n) is 2.75. The molecule has 124 valence electrons. The van der Waals surface area contributed by atoms with Gasteiger partial charge in [-0.15, -0.1) is 0 Å². The Morgan fingerprint density at radius 1 is 1.22 bits per heavy atom. The Hall–Kier alpha value is -2.75. The number of aliphatic hydroxyl groups excluding tert-OH is 1. The molecule has 2 rings (SSSR count). The maximum absolute atomic E-state index is 13.8. The molecule has 0 aliphatic carbocycles. The van der Waals surface area contributed by atoms with E-state index in [1.807, 2.05) is 0 Å². The van der Waals surface area contributed by atoms with Gasteiger partial charge in [-0.25, -0.2) is 9.37 Å². The van der Waals surface area contributed by atoms with Crippen molar-refractivity contribution in [1.82, 2.24) is 4.98 Å². The van der Waals surface area contributed by atoms with Crippen molar-refractivity contribution in [2.75, 3.05) is 16.8 Å². The quantitative estimate of drug-likeness (QED) is 0.506. The zero-order chi connectivity index (χ0) is 17.2. The molecule has 0 fully saturated rings. The van der Waals surface area contributed by atoms with Gasteiger partial charge in [0, 0.05) is 18.3 Å². The summed E-state index contributed by atoms with van der Waals surface area (Å²) in [5.41, 5.74) is 10.6. The van der Waals surface area contributed by atoms with E-state index >= 15 is 0 Å². The van der Waals surface area contributed by atoms with Crippen molar-refractivity contribution in [1.29, 1.82) is 0 Å². The third kappa shape index (κ3) is 3.92. The van der Waals surface area contributed by atoms with E-state index in [1.165, 1.54) is 18.3 Å². The largest absolute Gasteiger partial charge is 0.455 e. The number of rotatable bonds is 4. The molecule has 2 aromatic rings. The lowest BCUT2D eigenvalue weighted by Gasteiger charge is -2.18. The van der Waals surface area contributed by atoms with Gasteiger partial charge in [-0.1, -0.05) is 0 Å². The molecule has 0 bridgehead atoms. The summed E-state index contributed by atoms with van der Waals surface area (Å²) in [6, 6.07) is 4.41. The molecular weight excluding hydrogens is 320 g/mol. The minimum Gasteiger partial charge on any atom is -0.455 e. The Bertz CT molecular complexity index is 709. The number of hydrogen-bond acceptors (Lipinski definition) is 6. The zero-order valence-electron chi connectivity index (χ0n) is 11.4. The van der Waals surface area contributed by atoms with E-state index in [-0.39, 0.29) is 23.0 Å². The lowest BCUT2D eigenvalue weighted by molar-refractivity contribution is -0.194. The van der Waals surface area contributed by atoms with Gasteiger partial charge < -0.3 is 26.6 Å². The standard InChI is InChI=1S/C13H12F4N4O2/c14-7-5-6(23-9-3-4-20-11(19)10(9)18)1-2-8(7)21-12(22)13(15,16)17/h1-5,12,21-22H,18H2,(H2,19,20). The predicted octanol–water partition coefficient (Wildman–Crippen LogP) is 2.47. The second kappa shape index (κ2) is 6.16. The predicted molar refractivity (Wildman–Crippen MR) is 75.2 cm³/mol. The second-order valence-corrected chi connectivity index (χ2v) is 4.44. The van der Waals surface area contributed by atoms with E-state index in [0.717, 1.165) is 12.1 Å². The van der Waals surface area contributed by atoms with Crippen LogP contribution in [0.1, 0.15) is 0 Å². The van der Waals surface area contributed by atoms with Gasteiger partial charge >= 0.3 is 6.18 Å². The van der Waals surface area contributed by atoms with Crippen LogP contribution in [-0.2, 0) is 0 Å². The van der Waals surface area contributed by atoms with Crippen molar-refractivity contribution in [3.63, 3.8) is 0 Å². The van der Waals surface area contributed by atoms with Gasteiger partial charge in [-0.3, -0.25) is 0 Å². The van der Waals surface area contributed by atoms with Crippen molar-refractivity contribution in [2.24, 2.45) is 0 Å². The average molecular weight is 332 g/mol. The van der Waals surface area contributed by atoms with Crippen LogP contribution in [0, 0.1) is 5.82 Å². The minimum atomic E-state index is -4.93. The van der Waals surface area contributed by atoms with Crippen LogP contribution in [0.25, 0.3) is 0 Å². The zero-order valence-corrected chi connectivity index (χ0v) is 11.4. The number of ether oxygens (including phenoxy) is 1. The first-order valence-corrected chi connectivity index (χ1v) is 6.17. The third-order valence-corrected chi connectivity index (χ3v) is 2.75. The summed E-state index contributed by atoms with van der Waals surface area (Å²) >= 11 is 0. The number of aromatic nitrogens is 1. The number of halogens is 4. The van der Waals surface area contributed by atoms with E-state index in [1.54, 1.807) is 5.32 Å². The van der Waals surface area contributed by atoms with Gasteiger partial charge in [0.1, 0.15) is 23.1 Å². The van der Waals surface area contributed by atoms with Crippen LogP contribution in [0.5, 0.6) is 11.5 Å². The first kappa shape index (κ1) is 16.6. The molecule has 10 heteroatoms. The average Bonchev–Trinajstić information content (AvgIpc) is 2.45. The molecule has 0 aliphatic heterocycles. The van der Waals surface area contributed by atoms with Crippen molar-refractivity contribution in [2.45, 2.75) is 12.4 Å². The number of benzene rings is 1. The molecular formula is C13H12F4N4O2. The SMILES string of the molecule is Nc1nccc(Oc2ccc(NC(O)C(F)(F)F)c(F)c2)c1N. The molecule has 0 saturated heterocycles. The summed E-state index contributed by atoms with van der Waals surface area (Å²) in [4.78, 5) is 3.72. The molecule has 1 aromatic heterocycles. The first-order chi connectivity index (χ1) is 10.7. The first-order valence-electron chi connectivity index (χ1n) is 6.17. The number of nitrogens with two attached hydrogens (primary N) is 2. The van der Waals surface area contributed by atoms with Gasteiger partial charge in [-0.05, 0) is 12.1 Å². The smallest absolute Gasteiger partial charge is 0.433 e. The number of anilines is 3. The highest BCUT2D eigenvalue weighted by molar-refractivity contribution is 5.67. The number of alkyl halides is 3. The fraction of sp³-hybridized carbons (Fsp3) is 0.154. The Morgan fingerprint density at radius 3 is 2.52 bits per heavy atom. The highest BCUT2D eigenvalue weighted by Crippen LogP contribution is 2.32. The molecule has 1 atom stereocenters. The van der Waals surface area contributed by atoms with Crippen molar-refractivity contribution in [3.8, 4) is 11.5 Å². The van der Waals surface area contributed by atoms with E-state index in [0.29, 0.717) is 0 Å². The molecule has 1 aromatic carbocycles. The Morgan fingerprint density at radius 2 is 1.91 bits per heavy atom. The number of hydrogen-bond donors (Lipinski definition) is 4. The summed E-state index contributed by atoms with van der Waals surface area (Å²) in [6.07, 6.45) is -6.49. The number of aliphatic hydroxyl groups is 1. The van der Waals surface area contributed by atoms with E-state index < -0.39 is 23.9 Å². The molecule has 6 N–H and O–H groups in total. The summed E-state index contributed by atoms with van der Waals surface area (Å²) in [7, 11) is 0. The van der Waals surface area contributed by atoms with Crippen LogP contribution in [-0.4, -0.2) is 22.5 Å². The number of pyridine rings is 1. The summed E-state index contributed by atoms with van der Waals surface area (Å²) in [5, 5.41) is 10.5. The van der Waals surface area contributed by atoms with Gasteiger partial charge in [0.15, 0.2) is 5.75 Å². The normalized spacial score (nSPS) is 12.7. The van der Waals surface area contributed by atoms with E-state index in [2.05, 4.69) is 4.98 Å². The lowest BCUT2D eigenvalue weighted by atomic mass is 10.2. The van der Waals surface area contributed by atoms with Gasteiger partial charge in [0.05, 0.1) is 5.69 Å². The monoisotopic (exact) mass is 332 g/mol. The maximum atomic E-state index is 13.8. The molecule has 0 amide bonds. The van der Waals surface area contributed by atoms with Crippen LogP contribution in [0.3, 0.4) is 0 Å². The van der Waals surface area contributed by atoms with Crippen LogP contribution >= 0.6 is 0 Å². The molecule has 1 unspecified atom stereocenters. The molecule has 0 aliphatic rings. The maximum Gasteiger partial charge on any atom is 0.433 e. The lowest BCUT2D eigenvalue weighted by Crippen LogP contribution is -2.36. The highest BCUT2D eigenvalue weighted by atomic mass is 19.4. The van der Waals surface area contributed by atoms with Gasteiger partial charge in [0.2, 0.25) is 6.23 Å². The Labute approximate surface area is 127 Å². The molecule has 23 heavy (non-hydrogen) atoms. The van der Waals surface area contributed by atoms with Crippen LogP contribution in [0.2, 0.25) is 0 Å². The molecule has 0 saturated carbocycles. The Kier molecular flexibility index (Phi) is 4.45. The topological polar surface area (TPSA) is 106 Å². The number of nitrogens with one attached hydrogen (secondary N) is 1. The van der Waals surface area contributed by atoms with E-state index in [4.69, 9.17) is 21.3 Å². The van der Waals surface area contributed by atoms with Crippen LogP contribution in [0.4, 0.5) is 34.8 Å². The number of nitrogens with zero attached hydrogens (tertiary/aromatic N) is 1. The van der Waals surface area contributed by atoms with Crippen LogP contribution < -0.4 is 21.5 Å². The highest BCUT2D eigenvalue weighted by Gasteiger charge is 2.38. The van der Waals surface area contributed by atoms with Crippen LogP contribution in [0.15, 0.2) is 30.5 Å². The molecule has 0 spiro atoms. The summed E-state index contributed by atoms with van der Waals surface area (Å²) < 4.78 is 55.8. The molecule has 0 radical (unpaired) electrons. The number of nitrogen functional groups attached to an aromatic ring is 2. The van der Waals surface area contributed by atoms with Gasteiger partial charge in [0.25, 0.3) is 0 Å². The van der Waals surface area contributed by atoms with Crippen molar-refractivity contribution >= 4 is 17.2 Å². The van der Waals surface area contributed by atoms with Crippen molar-refractivity contribution in [3.05, 3.63) is 36.3 Å².